The summed E-state index contributed by atoms with van der Waals surface area (Å²) in [5.74, 6) is 0.755. The summed E-state index contributed by atoms with van der Waals surface area (Å²) in [6.07, 6.45) is 6.59. The lowest BCUT2D eigenvalue weighted by Crippen LogP contribution is -2.20. The van der Waals surface area contributed by atoms with Gasteiger partial charge in [-0.3, -0.25) is 0 Å². The standard InChI is InChI=1S/C20H22FN5O/c1-20(2,12-27)8-14-9-23-19-18(14)25-16(10-24-19)13-3-5-22-17(7-13)26-6-4-15(21)11-26/h3,5,7,9-10,12,15H,4,6,8,11H2,1-2H3,(H,23,24)/t15-/m1/s1. The van der Waals surface area contributed by atoms with Gasteiger partial charge in [0.15, 0.2) is 5.65 Å². The molecule has 1 aliphatic rings. The number of H-pyrrole nitrogens is 1. The number of alkyl halides is 1. The van der Waals surface area contributed by atoms with E-state index in [1.807, 2.05) is 37.1 Å². The molecule has 140 valence electrons. The molecule has 7 heteroatoms. The van der Waals surface area contributed by atoms with Crippen LogP contribution < -0.4 is 4.90 Å². The fourth-order valence-electron chi connectivity index (χ4n) is 3.43. The van der Waals surface area contributed by atoms with E-state index in [9.17, 15) is 9.18 Å². The van der Waals surface area contributed by atoms with Gasteiger partial charge in [0.2, 0.25) is 0 Å². The molecule has 3 aromatic heterocycles. The maximum Gasteiger partial charge on any atom is 0.156 e. The summed E-state index contributed by atoms with van der Waals surface area (Å²) >= 11 is 0. The first-order valence-corrected chi connectivity index (χ1v) is 9.10. The molecule has 1 aliphatic heterocycles. The van der Waals surface area contributed by atoms with Crippen LogP contribution in [0.15, 0.2) is 30.7 Å². The fourth-order valence-corrected chi connectivity index (χ4v) is 3.43. The van der Waals surface area contributed by atoms with Gasteiger partial charge in [-0.2, -0.15) is 0 Å². The first-order chi connectivity index (χ1) is 12.9. The molecule has 0 bridgehead atoms. The van der Waals surface area contributed by atoms with Crippen LogP contribution in [0.5, 0.6) is 0 Å². The summed E-state index contributed by atoms with van der Waals surface area (Å²) in [4.78, 5) is 30.0. The number of fused-ring (bicyclic) bond motifs is 1. The van der Waals surface area contributed by atoms with E-state index in [2.05, 4.69) is 15.0 Å². The van der Waals surface area contributed by atoms with Crippen molar-refractivity contribution in [3.8, 4) is 11.3 Å². The van der Waals surface area contributed by atoms with Crippen molar-refractivity contribution in [3.05, 3.63) is 36.3 Å². The highest BCUT2D eigenvalue weighted by atomic mass is 19.1. The minimum atomic E-state index is -0.796. The molecule has 6 nitrogen and oxygen atoms in total. The van der Waals surface area contributed by atoms with E-state index >= 15 is 0 Å². The van der Waals surface area contributed by atoms with Gasteiger partial charge >= 0.3 is 0 Å². The van der Waals surface area contributed by atoms with E-state index < -0.39 is 11.6 Å². The molecule has 0 radical (unpaired) electrons. The summed E-state index contributed by atoms with van der Waals surface area (Å²) in [5, 5.41) is 0. The van der Waals surface area contributed by atoms with Crippen LogP contribution in [0.3, 0.4) is 0 Å². The first-order valence-electron chi connectivity index (χ1n) is 9.10. The van der Waals surface area contributed by atoms with Crippen molar-refractivity contribution in [3.63, 3.8) is 0 Å². The lowest BCUT2D eigenvalue weighted by atomic mass is 9.88. The molecule has 4 heterocycles. The third-order valence-electron chi connectivity index (χ3n) is 4.92. The summed E-state index contributed by atoms with van der Waals surface area (Å²) < 4.78 is 13.5. The number of anilines is 1. The van der Waals surface area contributed by atoms with Crippen LogP contribution in [0.4, 0.5) is 10.2 Å². The Balaban J connectivity index is 1.69. The number of pyridine rings is 1. The molecule has 1 N–H and O–H groups in total. The number of aldehydes is 1. The van der Waals surface area contributed by atoms with Crippen LogP contribution in [0.2, 0.25) is 0 Å². The summed E-state index contributed by atoms with van der Waals surface area (Å²) in [6, 6.07) is 3.81. The number of aromatic nitrogens is 4. The smallest absolute Gasteiger partial charge is 0.156 e. The number of halogens is 1. The largest absolute Gasteiger partial charge is 0.354 e. The predicted molar refractivity (Wildman–Crippen MR) is 102 cm³/mol. The van der Waals surface area contributed by atoms with Gasteiger partial charge in [0.25, 0.3) is 0 Å². The van der Waals surface area contributed by atoms with Crippen LogP contribution in [-0.4, -0.2) is 45.5 Å². The number of carbonyl (C=O) groups excluding carboxylic acids is 1. The quantitative estimate of drug-likeness (QED) is 0.700. The van der Waals surface area contributed by atoms with E-state index in [-0.39, 0.29) is 0 Å². The van der Waals surface area contributed by atoms with Gasteiger partial charge in [-0.25, -0.2) is 19.3 Å². The maximum atomic E-state index is 13.5. The molecule has 0 aromatic carbocycles. The van der Waals surface area contributed by atoms with Crippen molar-refractivity contribution in [1.82, 2.24) is 19.9 Å². The molecule has 1 fully saturated rings. The molecule has 0 unspecified atom stereocenters. The second-order valence-corrected chi connectivity index (χ2v) is 7.78. The van der Waals surface area contributed by atoms with Gasteiger partial charge in [-0.05, 0) is 30.5 Å². The first kappa shape index (κ1) is 17.6. The van der Waals surface area contributed by atoms with Crippen LogP contribution in [-0.2, 0) is 11.2 Å². The molecule has 0 spiro atoms. The number of nitrogens with one attached hydrogen (secondary N) is 1. The third kappa shape index (κ3) is 3.54. The van der Waals surface area contributed by atoms with Crippen molar-refractivity contribution in [1.29, 1.82) is 0 Å². The minimum Gasteiger partial charge on any atom is -0.354 e. The topological polar surface area (TPSA) is 74.8 Å². The van der Waals surface area contributed by atoms with Gasteiger partial charge in [-0.15, -0.1) is 0 Å². The van der Waals surface area contributed by atoms with E-state index in [0.717, 1.165) is 34.4 Å². The van der Waals surface area contributed by atoms with Gasteiger partial charge in [-0.1, -0.05) is 13.8 Å². The Bertz CT molecular complexity index is 983. The molecule has 0 saturated carbocycles. The maximum absolute atomic E-state index is 13.5. The van der Waals surface area contributed by atoms with Gasteiger partial charge in [0.1, 0.15) is 23.8 Å². The minimum absolute atomic E-state index is 0.379. The number of rotatable bonds is 5. The monoisotopic (exact) mass is 367 g/mol. The highest BCUT2D eigenvalue weighted by Gasteiger charge is 2.23. The Morgan fingerprint density at radius 1 is 1.41 bits per heavy atom. The van der Waals surface area contributed by atoms with Crippen LogP contribution in [0.1, 0.15) is 25.8 Å². The normalized spacial score (nSPS) is 17.6. The molecular formula is C20H22FN5O. The number of aromatic amines is 1. The van der Waals surface area contributed by atoms with Crippen molar-refractivity contribution >= 4 is 23.3 Å². The number of nitrogens with zero attached hydrogens (tertiary/aromatic N) is 4. The zero-order valence-corrected chi connectivity index (χ0v) is 15.4. The zero-order valence-electron chi connectivity index (χ0n) is 15.4. The fraction of sp³-hybridized carbons (Fsp3) is 0.400. The van der Waals surface area contributed by atoms with Gasteiger partial charge in [0.05, 0.1) is 18.4 Å². The predicted octanol–water partition coefficient (Wildman–Crippen LogP) is 3.34. The second-order valence-electron chi connectivity index (χ2n) is 7.78. The average Bonchev–Trinajstić information content (AvgIpc) is 3.28. The summed E-state index contributed by atoms with van der Waals surface area (Å²) in [6.45, 7) is 4.86. The molecule has 3 aromatic rings. The second kappa shape index (κ2) is 6.72. The van der Waals surface area contributed by atoms with Crippen LogP contribution in [0.25, 0.3) is 22.4 Å². The highest BCUT2D eigenvalue weighted by molar-refractivity contribution is 5.79. The van der Waals surface area contributed by atoms with Crippen molar-refractivity contribution in [2.24, 2.45) is 5.41 Å². The molecule has 1 saturated heterocycles. The van der Waals surface area contributed by atoms with Gasteiger partial charge < -0.3 is 14.7 Å². The van der Waals surface area contributed by atoms with Crippen LogP contribution in [0, 0.1) is 5.41 Å². The Labute approximate surface area is 156 Å². The van der Waals surface area contributed by atoms with Crippen molar-refractivity contribution in [2.45, 2.75) is 32.9 Å². The molecule has 0 aliphatic carbocycles. The third-order valence-corrected chi connectivity index (χ3v) is 4.92. The Kier molecular flexibility index (Phi) is 4.37. The molecule has 4 rings (SSSR count). The highest BCUT2D eigenvalue weighted by Crippen LogP contribution is 2.28. The Morgan fingerprint density at radius 2 is 2.26 bits per heavy atom. The number of hydrogen-bond acceptors (Lipinski definition) is 5. The molecule has 27 heavy (non-hydrogen) atoms. The number of carbonyl (C=O) groups is 1. The van der Waals surface area contributed by atoms with Crippen molar-refractivity contribution in [2.75, 3.05) is 18.0 Å². The number of hydrogen-bond donors (Lipinski definition) is 1. The summed E-state index contributed by atoms with van der Waals surface area (Å²) in [5.41, 5.74) is 3.58. The van der Waals surface area contributed by atoms with E-state index in [4.69, 9.17) is 4.98 Å². The molecule has 0 amide bonds. The lowest BCUT2D eigenvalue weighted by molar-refractivity contribution is -0.114. The van der Waals surface area contributed by atoms with E-state index in [0.29, 0.717) is 31.6 Å². The van der Waals surface area contributed by atoms with Crippen LogP contribution >= 0.6 is 0 Å². The Morgan fingerprint density at radius 3 is 3.00 bits per heavy atom. The Hall–Kier alpha value is -2.83. The van der Waals surface area contributed by atoms with E-state index in [1.54, 1.807) is 12.4 Å². The lowest BCUT2D eigenvalue weighted by Gasteiger charge is -2.17. The van der Waals surface area contributed by atoms with Crippen molar-refractivity contribution < 1.29 is 9.18 Å². The van der Waals surface area contributed by atoms with Gasteiger partial charge in [0, 0.05) is 29.9 Å². The molecule has 1 atom stereocenters. The SMILES string of the molecule is CC(C)(C=O)Cc1c[nH]c2ncc(-c3ccnc(N4CC[C@@H](F)C4)c3)nc12. The average molecular weight is 367 g/mol. The molecular weight excluding hydrogens is 345 g/mol. The summed E-state index contributed by atoms with van der Waals surface area (Å²) in [7, 11) is 0. The van der Waals surface area contributed by atoms with E-state index in [1.165, 1.54) is 0 Å². The zero-order chi connectivity index (χ0) is 19.0.